The third-order valence-electron chi connectivity index (χ3n) is 5.39. The highest BCUT2D eigenvalue weighted by Gasteiger charge is 2.35. The number of carbonyl (C=O) groups is 1. The van der Waals surface area contributed by atoms with Gasteiger partial charge in [0.15, 0.2) is 5.13 Å². The summed E-state index contributed by atoms with van der Waals surface area (Å²) in [5.41, 5.74) is 7.84. The number of rotatable bonds is 2. The Balaban J connectivity index is 0.000000159. The predicted octanol–water partition coefficient (Wildman–Crippen LogP) is 2.25. The maximum atomic E-state index is 10.5. The molecule has 2 aromatic rings. The molecule has 0 saturated carbocycles. The Hall–Kier alpha value is -2.30. The van der Waals surface area contributed by atoms with Crippen molar-refractivity contribution in [2.75, 3.05) is 57.1 Å². The minimum absolute atomic E-state index is 0.171. The van der Waals surface area contributed by atoms with E-state index in [0.29, 0.717) is 18.2 Å². The molecule has 3 saturated heterocycles. The largest absolute Gasteiger partial charge is 0.494 e. The average molecular weight is 423 g/mol. The molecular weight excluding hydrogens is 396 g/mol. The maximum Gasteiger partial charge on any atom is 0.407 e. The Kier molecular flexibility index (Phi) is 5.93. The Labute approximate surface area is 172 Å². The van der Waals surface area contributed by atoms with Crippen molar-refractivity contribution in [1.29, 1.82) is 0 Å². The van der Waals surface area contributed by atoms with Gasteiger partial charge in [-0.25, -0.2) is 9.78 Å². The highest BCUT2D eigenvalue weighted by atomic mass is 32.1. The van der Waals surface area contributed by atoms with Gasteiger partial charge in [-0.1, -0.05) is 11.3 Å². The number of carboxylic acid groups (broad SMARTS) is 1. The molecule has 2 bridgehead atoms. The number of methoxy groups -OCH3 is 1. The van der Waals surface area contributed by atoms with Crippen molar-refractivity contribution in [2.45, 2.75) is 25.0 Å². The van der Waals surface area contributed by atoms with Gasteiger partial charge in [0.25, 0.3) is 0 Å². The van der Waals surface area contributed by atoms with Crippen LogP contribution in [0.2, 0.25) is 0 Å². The summed E-state index contributed by atoms with van der Waals surface area (Å²) in [4.78, 5) is 18.7. The van der Waals surface area contributed by atoms with Crippen LogP contribution in [0, 0.1) is 0 Å². The van der Waals surface area contributed by atoms with E-state index in [2.05, 4.69) is 16.0 Å². The highest BCUT2D eigenvalue weighted by Crippen LogP contribution is 2.38. The summed E-state index contributed by atoms with van der Waals surface area (Å²) >= 11 is 1.51. The van der Waals surface area contributed by atoms with E-state index >= 15 is 0 Å². The first-order valence-electron chi connectivity index (χ1n) is 9.74. The number of ether oxygens (including phenoxy) is 3. The molecule has 1 amide bonds. The fourth-order valence-corrected chi connectivity index (χ4v) is 4.87. The van der Waals surface area contributed by atoms with E-state index in [1.807, 2.05) is 6.07 Å². The topological polar surface area (TPSA) is 110 Å². The van der Waals surface area contributed by atoms with E-state index < -0.39 is 6.09 Å². The molecule has 3 aliphatic rings. The van der Waals surface area contributed by atoms with Crippen molar-refractivity contribution in [3.05, 3.63) is 12.1 Å². The lowest BCUT2D eigenvalue weighted by atomic mass is 10.2. The fourth-order valence-electron chi connectivity index (χ4n) is 3.98. The monoisotopic (exact) mass is 422 g/mol. The average Bonchev–Trinajstić information content (AvgIpc) is 3.29. The molecule has 0 aliphatic carbocycles. The standard InChI is InChI=1S/C12H15N3O2S.C7H11NO3/c1-16-9-3-2-8(15-4-6-17-7-5-15)11-10(9)14-12(13)18-11;9-7(10)8-3-5-1-2-6(4-8)11-5/h2-3H,4-7H2,1H3,(H2,13,14);5-6H,1-4H2,(H,9,10). The molecule has 1 aromatic carbocycles. The molecule has 29 heavy (non-hydrogen) atoms. The van der Waals surface area contributed by atoms with E-state index in [1.54, 1.807) is 7.11 Å². The number of hydrogen-bond donors (Lipinski definition) is 2. The molecule has 1 aromatic heterocycles. The number of morpholine rings is 2. The number of fused-ring (bicyclic) bond motifs is 3. The third-order valence-corrected chi connectivity index (χ3v) is 6.30. The second-order valence-electron chi connectivity index (χ2n) is 7.26. The van der Waals surface area contributed by atoms with Crippen molar-refractivity contribution in [1.82, 2.24) is 9.88 Å². The SMILES string of the molecule is COc1ccc(N2CCOCC2)c2sc(N)nc12.O=C(O)N1CC2CCC(C1)O2. The molecule has 0 radical (unpaired) electrons. The molecule has 2 unspecified atom stereocenters. The minimum atomic E-state index is -0.815. The minimum Gasteiger partial charge on any atom is -0.494 e. The van der Waals surface area contributed by atoms with Crippen LogP contribution in [0.1, 0.15) is 12.8 Å². The number of likely N-dealkylation sites (tertiary alicyclic amines) is 1. The van der Waals surface area contributed by atoms with E-state index in [4.69, 9.17) is 25.1 Å². The summed E-state index contributed by atoms with van der Waals surface area (Å²) < 4.78 is 17.3. The summed E-state index contributed by atoms with van der Waals surface area (Å²) in [5.74, 6) is 0.773. The Morgan fingerprint density at radius 2 is 1.97 bits per heavy atom. The van der Waals surface area contributed by atoms with Gasteiger partial charge in [-0.3, -0.25) is 0 Å². The van der Waals surface area contributed by atoms with Gasteiger partial charge in [-0.05, 0) is 25.0 Å². The van der Waals surface area contributed by atoms with Crippen LogP contribution in [0.4, 0.5) is 15.6 Å². The molecule has 3 aliphatic heterocycles. The van der Waals surface area contributed by atoms with Gasteiger partial charge in [-0.2, -0.15) is 0 Å². The van der Waals surface area contributed by atoms with Crippen LogP contribution in [-0.4, -0.2) is 79.8 Å². The van der Waals surface area contributed by atoms with Crippen molar-refractivity contribution < 1.29 is 24.1 Å². The maximum absolute atomic E-state index is 10.5. The molecule has 9 nitrogen and oxygen atoms in total. The normalized spacial score (nSPS) is 23.6. The molecular formula is C19H26N4O5S. The molecule has 10 heteroatoms. The van der Waals surface area contributed by atoms with Crippen LogP contribution in [0.5, 0.6) is 5.75 Å². The van der Waals surface area contributed by atoms with Crippen LogP contribution in [0.3, 0.4) is 0 Å². The lowest BCUT2D eigenvalue weighted by Gasteiger charge is -2.29. The number of nitrogens with zero attached hydrogens (tertiary/aromatic N) is 3. The second-order valence-corrected chi connectivity index (χ2v) is 8.29. The molecule has 2 atom stereocenters. The number of aromatic nitrogens is 1. The first-order valence-corrected chi connectivity index (χ1v) is 10.6. The van der Waals surface area contributed by atoms with Gasteiger partial charge in [0, 0.05) is 13.1 Å². The number of nitrogens with two attached hydrogens (primary N) is 1. The first kappa shape index (κ1) is 20.0. The van der Waals surface area contributed by atoms with Crippen LogP contribution in [0.25, 0.3) is 10.2 Å². The van der Waals surface area contributed by atoms with Gasteiger partial charge in [-0.15, -0.1) is 0 Å². The number of thiazole rings is 1. The van der Waals surface area contributed by atoms with E-state index in [9.17, 15) is 4.79 Å². The summed E-state index contributed by atoms with van der Waals surface area (Å²) in [5, 5.41) is 9.25. The van der Waals surface area contributed by atoms with Gasteiger partial charge >= 0.3 is 6.09 Å². The van der Waals surface area contributed by atoms with Crippen LogP contribution >= 0.6 is 11.3 Å². The zero-order valence-corrected chi connectivity index (χ0v) is 17.2. The van der Waals surface area contributed by atoms with Gasteiger partial charge in [0.2, 0.25) is 0 Å². The molecule has 3 N–H and O–H groups in total. The number of hydrogen-bond acceptors (Lipinski definition) is 8. The quantitative estimate of drug-likeness (QED) is 0.758. The summed E-state index contributed by atoms with van der Waals surface area (Å²) in [6, 6.07) is 4.02. The molecule has 0 spiro atoms. The van der Waals surface area contributed by atoms with Crippen molar-refractivity contribution in [2.24, 2.45) is 0 Å². The van der Waals surface area contributed by atoms with E-state index in [1.165, 1.54) is 21.9 Å². The fraction of sp³-hybridized carbons (Fsp3) is 0.579. The zero-order chi connectivity index (χ0) is 20.4. The second kappa shape index (κ2) is 8.60. The number of amides is 1. The van der Waals surface area contributed by atoms with Crippen LogP contribution in [-0.2, 0) is 9.47 Å². The Morgan fingerprint density at radius 3 is 2.59 bits per heavy atom. The predicted molar refractivity (Wildman–Crippen MR) is 111 cm³/mol. The molecule has 158 valence electrons. The zero-order valence-electron chi connectivity index (χ0n) is 16.4. The van der Waals surface area contributed by atoms with E-state index in [-0.39, 0.29) is 12.2 Å². The Bertz CT molecular complexity index is 858. The van der Waals surface area contributed by atoms with Gasteiger partial charge in [0.05, 0.1) is 56.0 Å². The van der Waals surface area contributed by atoms with Crippen LogP contribution < -0.4 is 15.4 Å². The van der Waals surface area contributed by atoms with E-state index in [0.717, 1.165) is 55.1 Å². The first-order chi connectivity index (χ1) is 14.0. The Morgan fingerprint density at radius 1 is 1.28 bits per heavy atom. The van der Waals surface area contributed by atoms with Gasteiger partial charge in [0.1, 0.15) is 11.3 Å². The lowest BCUT2D eigenvalue weighted by Crippen LogP contribution is -2.45. The number of anilines is 2. The third kappa shape index (κ3) is 4.34. The highest BCUT2D eigenvalue weighted by molar-refractivity contribution is 7.22. The van der Waals surface area contributed by atoms with Crippen molar-refractivity contribution >= 4 is 38.5 Å². The molecule has 3 fully saturated rings. The number of nitrogen functional groups attached to an aromatic ring is 1. The summed E-state index contributed by atoms with van der Waals surface area (Å²) in [7, 11) is 1.65. The lowest BCUT2D eigenvalue weighted by molar-refractivity contribution is -0.0311. The summed E-state index contributed by atoms with van der Waals surface area (Å²) in [6.45, 7) is 4.46. The van der Waals surface area contributed by atoms with Crippen molar-refractivity contribution in [3.8, 4) is 5.75 Å². The smallest absolute Gasteiger partial charge is 0.407 e. The van der Waals surface area contributed by atoms with Crippen LogP contribution in [0.15, 0.2) is 12.1 Å². The van der Waals surface area contributed by atoms with Crippen molar-refractivity contribution in [3.63, 3.8) is 0 Å². The molecule has 4 heterocycles. The molecule has 5 rings (SSSR count). The van der Waals surface area contributed by atoms with Gasteiger partial charge < -0.3 is 34.9 Å². The summed E-state index contributed by atoms with van der Waals surface area (Å²) in [6.07, 6.45) is 1.57. The number of benzene rings is 1.